The van der Waals surface area contributed by atoms with E-state index in [0.717, 1.165) is 0 Å². The lowest BCUT2D eigenvalue weighted by atomic mass is 10.3. The van der Waals surface area contributed by atoms with E-state index in [0.29, 0.717) is 23.6 Å². The Morgan fingerprint density at radius 2 is 2.12 bits per heavy atom. The second-order valence-corrected chi connectivity index (χ2v) is 4.59. The van der Waals surface area contributed by atoms with Crippen molar-refractivity contribution in [2.45, 2.75) is 11.3 Å². The molecule has 88 valence electrons. The highest BCUT2D eigenvalue weighted by Gasteiger charge is 2.08. The van der Waals surface area contributed by atoms with Crippen LogP contribution in [0.4, 0.5) is 5.69 Å². The maximum Gasteiger partial charge on any atom is 0.226 e. The second kappa shape index (κ2) is 6.40. The zero-order valence-electron chi connectivity index (χ0n) is 9.36. The Kier molecular flexibility index (Phi) is 5.14. The number of hydrogen-bond acceptors (Lipinski definition) is 3. The van der Waals surface area contributed by atoms with Crippen molar-refractivity contribution in [3.05, 3.63) is 24.3 Å². The van der Waals surface area contributed by atoms with Crippen LogP contribution in [-0.4, -0.2) is 30.1 Å². The maximum atomic E-state index is 11.5. The molecule has 0 aliphatic heterocycles. The second-order valence-electron chi connectivity index (χ2n) is 3.24. The molecule has 0 saturated heterocycles. The Morgan fingerprint density at radius 3 is 2.75 bits per heavy atom. The minimum absolute atomic E-state index is 0.139. The fraction of sp³-hybridized carbons (Fsp3) is 0.364. The van der Waals surface area contributed by atoms with E-state index in [-0.39, 0.29) is 5.91 Å². The molecule has 0 radical (unpaired) electrons. The quantitative estimate of drug-likeness (QED) is 0.847. The van der Waals surface area contributed by atoms with E-state index >= 15 is 0 Å². The lowest BCUT2D eigenvalue weighted by molar-refractivity contribution is -0.117. The summed E-state index contributed by atoms with van der Waals surface area (Å²) in [6, 6.07) is 7.06. The average molecular weight is 241 g/mol. The average Bonchev–Trinajstić information content (AvgIpc) is 2.27. The van der Waals surface area contributed by atoms with E-state index in [9.17, 15) is 9.00 Å². The largest absolute Gasteiger partial charge is 0.384 e. The van der Waals surface area contributed by atoms with Crippen molar-refractivity contribution in [1.29, 1.82) is 0 Å². The third-order valence-electron chi connectivity index (χ3n) is 2.00. The SMILES string of the molecule is COCCC(=O)Nc1ccccc1S(C)=O. The number of amides is 1. The van der Waals surface area contributed by atoms with Crippen molar-refractivity contribution in [3.8, 4) is 0 Å². The van der Waals surface area contributed by atoms with Crippen LogP contribution < -0.4 is 5.32 Å². The monoisotopic (exact) mass is 241 g/mol. The summed E-state index contributed by atoms with van der Waals surface area (Å²) in [6.07, 6.45) is 1.88. The first-order chi connectivity index (χ1) is 7.65. The molecular formula is C11H15NO3S. The van der Waals surface area contributed by atoms with Crippen molar-refractivity contribution in [2.75, 3.05) is 25.3 Å². The van der Waals surface area contributed by atoms with Crippen molar-refractivity contribution < 1.29 is 13.7 Å². The summed E-state index contributed by atoms with van der Waals surface area (Å²) in [6.45, 7) is 0.378. The van der Waals surface area contributed by atoms with Crippen LogP contribution in [0.3, 0.4) is 0 Å². The molecule has 1 N–H and O–H groups in total. The Balaban J connectivity index is 2.73. The van der Waals surface area contributed by atoms with Gasteiger partial charge in [0.2, 0.25) is 5.91 Å². The van der Waals surface area contributed by atoms with Crippen LogP contribution >= 0.6 is 0 Å². The van der Waals surface area contributed by atoms with Gasteiger partial charge >= 0.3 is 0 Å². The fourth-order valence-electron chi connectivity index (χ4n) is 1.23. The predicted molar refractivity (Wildman–Crippen MR) is 63.9 cm³/mol. The van der Waals surface area contributed by atoms with Gasteiger partial charge in [0.05, 0.1) is 34.4 Å². The molecule has 1 unspecified atom stereocenters. The summed E-state index contributed by atoms with van der Waals surface area (Å²) in [5.74, 6) is -0.139. The third-order valence-corrected chi connectivity index (χ3v) is 2.98. The molecule has 0 aromatic heterocycles. The molecule has 1 rings (SSSR count). The highest BCUT2D eigenvalue weighted by Crippen LogP contribution is 2.18. The molecule has 1 aromatic carbocycles. The van der Waals surface area contributed by atoms with Gasteiger partial charge in [-0.2, -0.15) is 0 Å². The molecule has 0 spiro atoms. The number of para-hydroxylation sites is 1. The highest BCUT2D eigenvalue weighted by atomic mass is 32.2. The lowest BCUT2D eigenvalue weighted by Crippen LogP contribution is -2.14. The van der Waals surface area contributed by atoms with Crippen LogP contribution in [0, 0.1) is 0 Å². The van der Waals surface area contributed by atoms with Crippen molar-refractivity contribution in [1.82, 2.24) is 0 Å². The van der Waals surface area contributed by atoms with Gasteiger partial charge in [-0.25, -0.2) is 0 Å². The van der Waals surface area contributed by atoms with Gasteiger partial charge in [-0.1, -0.05) is 12.1 Å². The van der Waals surface area contributed by atoms with Gasteiger partial charge in [-0.3, -0.25) is 9.00 Å². The Hall–Kier alpha value is -1.20. The van der Waals surface area contributed by atoms with E-state index in [1.165, 1.54) is 0 Å². The number of benzene rings is 1. The summed E-state index contributed by atoms with van der Waals surface area (Å²) >= 11 is 0. The summed E-state index contributed by atoms with van der Waals surface area (Å²) < 4.78 is 16.2. The van der Waals surface area contributed by atoms with E-state index in [1.54, 1.807) is 37.6 Å². The van der Waals surface area contributed by atoms with Gasteiger partial charge in [0.1, 0.15) is 0 Å². The van der Waals surface area contributed by atoms with E-state index in [1.807, 2.05) is 0 Å². The van der Waals surface area contributed by atoms with E-state index in [2.05, 4.69) is 5.32 Å². The molecule has 1 atom stereocenters. The number of nitrogens with one attached hydrogen (secondary N) is 1. The van der Waals surface area contributed by atoms with Gasteiger partial charge in [0, 0.05) is 13.4 Å². The number of ether oxygens (including phenoxy) is 1. The predicted octanol–water partition coefficient (Wildman–Crippen LogP) is 1.40. The lowest BCUT2D eigenvalue weighted by Gasteiger charge is -2.08. The zero-order valence-corrected chi connectivity index (χ0v) is 10.2. The van der Waals surface area contributed by atoms with Crippen LogP contribution in [0.25, 0.3) is 0 Å². The van der Waals surface area contributed by atoms with Crippen LogP contribution in [0.2, 0.25) is 0 Å². The summed E-state index contributed by atoms with van der Waals surface area (Å²) in [7, 11) is 0.435. The zero-order chi connectivity index (χ0) is 12.0. The molecular weight excluding hydrogens is 226 g/mol. The topological polar surface area (TPSA) is 55.4 Å². The molecule has 0 aliphatic rings. The van der Waals surface area contributed by atoms with Crippen molar-refractivity contribution in [2.24, 2.45) is 0 Å². The van der Waals surface area contributed by atoms with E-state index in [4.69, 9.17) is 4.74 Å². The van der Waals surface area contributed by atoms with Gasteiger partial charge in [0.25, 0.3) is 0 Å². The smallest absolute Gasteiger partial charge is 0.226 e. The summed E-state index contributed by atoms with van der Waals surface area (Å²) in [5, 5.41) is 2.71. The van der Waals surface area contributed by atoms with E-state index < -0.39 is 10.8 Å². The van der Waals surface area contributed by atoms with Crippen molar-refractivity contribution >= 4 is 22.4 Å². The molecule has 0 saturated carbocycles. The molecule has 0 heterocycles. The minimum Gasteiger partial charge on any atom is -0.384 e. The van der Waals surface area contributed by atoms with Gasteiger partial charge in [0.15, 0.2) is 0 Å². The Bertz CT molecular complexity index is 393. The number of methoxy groups -OCH3 is 1. The first kappa shape index (κ1) is 12.9. The maximum absolute atomic E-state index is 11.5. The molecule has 0 aliphatic carbocycles. The number of carbonyl (C=O) groups is 1. The molecule has 0 bridgehead atoms. The molecule has 4 nitrogen and oxygen atoms in total. The van der Waals surface area contributed by atoms with Gasteiger partial charge in [-0.05, 0) is 12.1 Å². The fourth-order valence-corrected chi connectivity index (χ4v) is 1.93. The first-order valence-corrected chi connectivity index (χ1v) is 6.42. The third kappa shape index (κ3) is 3.75. The molecule has 1 amide bonds. The summed E-state index contributed by atoms with van der Waals surface area (Å²) in [5.41, 5.74) is 0.601. The van der Waals surface area contributed by atoms with Crippen LogP contribution in [0.5, 0.6) is 0 Å². The minimum atomic E-state index is -1.11. The first-order valence-electron chi connectivity index (χ1n) is 4.86. The normalized spacial score (nSPS) is 12.1. The van der Waals surface area contributed by atoms with Crippen LogP contribution in [-0.2, 0) is 20.3 Å². The number of anilines is 1. The van der Waals surface area contributed by atoms with Crippen molar-refractivity contribution in [3.63, 3.8) is 0 Å². The number of hydrogen-bond donors (Lipinski definition) is 1. The number of rotatable bonds is 5. The molecule has 1 aromatic rings. The van der Waals surface area contributed by atoms with Crippen LogP contribution in [0.15, 0.2) is 29.2 Å². The highest BCUT2D eigenvalue weighted by molar-refractivity contribution is 7.84. The Morgan fingerprint density at radius 1 is 1.44 bits per heavy atom. The molecule has 5 heteroatoms. The Labute approximate surface area is 97.5 Å². The van der Waals surface area contributed by atoms with Gasteiger partial charge < -0.3 is 10.1 Å². The molecule has 0 fully saturated rings. The van der Waals surface area contributed by atoms with Crippen LogP contribution in [0.1, 0.15) is 6.42 Å². The molecule has 16 heavy (non-hydrogen) atoms. The summed E-state index contributed by atoms with van der Waals surface area (Å²) in [4.78, 5) is 12.1. The standard InChI is InChI=1S/C11H15NO3S/c1-15-8-7-11(13)12-9-5-3-4-6-10(9)16(2)14/h3-6H,7-8H2,1-2H3,(H,12,13). The number of carbonyl (C=O) groups excluding carboxylic acids is 1. The van der Waals surface area contributed by atoms with Gasteiger partial charge in [-0.15, -0.1) is 0 Å².